The average molecular weight is 297 g/mol. The lowest BCUT2D eigenvalue weighted by atomic mass is 10.1. The molecule has 1 heterocycles. The number of hydrogen-bond acceptors (Lipinski definition) is 2. The minimum atomic E-state index is -3.15. The second-order valence-electron chi connectivity index (χ2n) is 4.25. The third-order valence-electron chi connectivity index (χ3n) is 2.75. The van der Waals surface area contributed by atoms with Gasteiger partial charge >= 0.3 is 5.66 Å². The average Bonchev–Trinajstić information content (AvgIpc) is 2.83. The zero-order chi connectivity index (χ0) is 14.8. The summed E-state index contributed by atoms with van der Waals surface area (Å²) in [6.07, 6.45) is 1.46. The van der Waals surface area contributed by atoms with Crippen molar-refractivity contribution >= 4 is 15.1 Å². The Morgan fingerprint density at radius 2 is 2.05 bits per heavy atom. The van der Waals surface area contributed by atoms with Crippen LogP contribution in [-0.4, -0.2) is 22.7 Å². The molecule has 1 N–H and O–H groups in total. The van der Waals surface area contributed by atoms with Gasteiger partial charge in [0, 0.05) is 18.8 Å². The van der Waals surface area contributed by atoms with Crippen molar-refractivity contribution < 1.29 is 13.6 Å². The van der Waals surface area contributed by atoms with Crippen LogP contribution in [0, 0.1) is 0 Å². The Hall–Kier alpha value is -1.81. The number of nitrogens with one attached hydrogen (secondary N) is 1. The molecule has 0 aliphatic rings. The maximum absolute atomic E-state index is 13.6. The Kier molecular flexibility index (Phi) is 4.14. The van der Waals surface area contributed by atoms with Crippen molar-refractivity contribution in [2.24, 2.45) is 0 Å². The van der Waals surface area contributed by atoms with Gasteiger partial charge in [-0.2, -0.15) is 13.9 Å². The summed E-state index contributed by atoms with van der Waals surface area (Å²) in [5.74, 6) is -0.300. The van der Waals surface area contributed by atoms with Crippen LogP contribution in [0.15, 0.2) is 36.5 Å². The second-order valence-corrected chi connectivity index (χ2v) is 4.98. The van der Waals surface area contributed by atoms with E-state index < -0.39 is 5.66 Å². The van der Waals surface area contributed by atoms with Crippen molar-refractivity contribution in [3.63, 3.8) is 0 Å². The predicted molar refractivity (Wildman–Crippen MR) is 75.3 cm³/mol. The maximum atomic E-state index is 13.6. The Labute approximate surface area is 117 Å². The molecule has 0 saturated carbocycles. The molecule has 1 unspecified atom stereocenters. The van der Waals surface area contributed by atoms with Crippen molar-refractivity contribution in [2.45, 2.75) is 12.2 Å². The molecule has 1 amide bonds. The molecule has 106 valence electrons. The van der Waals surface area contributed by atoms with Crippen LogP contribution in [0.5, 0.6) is 0 Å². The van der Waals surface area contributed by atoms with Gasteiger partial charge < -0.3 is 5.32 Å². The molecule has 2 rings (SSSR count). The molecule has 0 aliphatic heterocycles. The van der Waals surface area contributed by atoms with Crippen molar-refractivity contribution in [1.29, 1.82) is 0 Å². The van der Waals surface area contributed by atoms with Crippen molar-refractivity contribution in [1.82, 2.24) is 15.1 Å². The second kappa shape index (κ2) is 5.67. The van der Waals surface area contributed by atoms with E-state index in [2.05, 4.69) is 10.4 Å². The Balaban J connectivity index is 2.47. The molecule has 2 aromatic rings. The van der Waals surface area contributed by atoms with Gasteiger partial charge in [-0.1, -0.05) is 39.6 Å². The topological polar surface area (TPSA) is 46.9 Å². The van der Waals surface area contributed by atoms with Gasteiger partial charge in [0.25, 0.3) is 0 Å². The normalized spacial score (nSPS) is 11.4. The first kappa shape index (κ1) is 14.6. The van der Waals surface area contributed by atoms with E-state index in [9.17, 15) is 13.6 Å². The van der Waals surface area contributed by atoms with E-state index in [4.69, 9.17) is 0 Å². The Morgan fingerprint density at radius 3 is 2.60 bits per heavy atom. The molecular weight excluding hydrogens is 283 g/mol. The van der Waals surface area contributed by atoms with Gasteiger partial charge in [-0.05, 0) is 5.56 Å². The number of carbonyl (C=O) groups excluding carboxylic acids is 1. The number of alkyl halides is 2. The SMILES string of the molecule is CNC(=O)Cn1cc(-c2ccccc2)c(C(F)(F)P)n1. The van der Waals surface area contributed by atoms with E-state index in [1.807, 2.05) is 0 Å². The summed E-state index contributed by atoms with van der Waals surface area (Å²) in [5.41, 5.74) is -2.57. The number of aromatic nitrogens is 2. The van der Waals surface area contributed by atoms with Crippen molar-refractivity contribution in [2.75, 3.05) is 7.05 Å². The van der Waals surface area contributed by atoms with Gasteiger partial charge in [0.1, 0.15) is 12.2 Å². The van der Waals surface area contributed by atoms with Gasteiger partial charge in [-0.25, -0.2) is 0 Å². The Morgan fingerprint density at radius 1 is 1.40 bits per heavy atom. The van der Waals surface area contributed by atoms with Crippen LogP contribution in [0.3, 0.4) is 0 Å². The van der Waals surface area contributed by atoms with Gasteiger partial charge in [0.2, 0.25) is 5.91 Å². The maximum Gasteiger partial charge on any atom is 0.302 e. The molecule has 0 saturated heterocycles. The van der Waals surface area contributed by atoms with Gasteiger partial charge in [0.15, 0.2) is 0 Å². The fourth-order valence-corrected chi connectivity index (χ4v) is 2.02. The largest absolute Gasteiger partial charge is 0.358 e. The molecular formula is C13H14F2N3OP. The molecule has 7 heteroatoms. The summed E-state index contributed by atoms with van der Waals surface area (Å²) < 4.78 is 28.5. The van der Waals surface area contributed by atoms with E-state index in [-0.39, 0.29) is 18.1 Å². The van der Waals surface area contributed by atoms with E-state index in [0.29, 0.717) is 11.1 Å². The van der Waals surface area contributed by atoms with Gasteiger partial charge in [-0.15, -0.1) is 0 Å². The van der Waals surface area contributed by atoms with Crippen molar-refractivity contribution in [3.05, 3.63) is 42.2 Å². The molecule has 0 radical (unpaired) electrons. The van der Waals surface area contributed by atoms with Gasteiger partial charge in [-0.3, -0.25) is 9.48 Å². The third kappa shape index (κ3) is 3.20. The lowest BCUT2D eigenvalue weighted by Gasteiger charge is -2.09. The quantitative estimate of drug-likeness (QED) is 0.880. The van der Waals surface area contributed by atoms with Crippen LogP contribution >= 0.6 is 9.24 Å². The first-order valence-corrected chi connectivity index (χ1v) is 6.50. The highest BCUT2D eigenvalue weighted by Gasteiger charge is 2.32. The predicted octanol–water partition coefficient (Wildman–Crippen LogP) is 2.22. The number of rotatable bonds is 4. The molecule has 1 aromatic carbocycles. The fraction of sp³-hybridized carbons (Fsp3) is 0.231. The highest BCUT2D eigenvalue weighted by atomic mass is 31.0. The first-order valence-electron chi connectivity index (χ1n) is 5.92. The first-order chi connectivity index (χ1) is 9.41. The van der Waals surface area contributed by atoms with Crippen LogP contribution < -0.4 is 5.32 Å². The number of carbonyl (C=O) groups is 1. The minimum Gasteiger partial charge on any atom is -0.358 e. The van der Waals surface area contributed by atoms with Crippen LogP contribution in [0.4, 0.5) is 8.78 Å². The number of likely N-dealkylation sites (N-methyl/N-ethyl adjacent to an activating group) is 1. The van der Waals surface area contributed by atoms with Crippen LogP contribution in [0.25, 0.3) is 11.1 Å². The van der Waals surface area contributed by atoms with Crippen LogP contribution in [-0.2, 0) is 17.0 Å². The Bertz CT molecular complexity index is 608. The van der Waals surface area contributed by atoms with Crippen molar-refractivity contribution in [3.8, 4) is 11.1 Å². The van der Waals surface area contributed by atoms with Crippen LogP contribution in [0.2, 0.25) is 0 Å². The molecule has 0 aliphatic carbocycles. The summed E-state index contributed by atoms with van der Waals surface area (Å²) in [5, 5.41) is 6.26. The number of benzene rings is 1. The minimum absolute atomic E-state index is 0.100. The molecule has 1 aromatic heterocycles. The van der Waals surface area contributed by atoms with E-state index in [0.717, 1.165) is 0 Å². The molecule has 0 fully saturated rings. The zero-order valence-electron chi connectivity index (χ0n) is 10.8. The number of nitrogens with zero attached hydrogens (tertiary/aromatic N) is 2. The number of halogens is 2. The number of hydrogen-bond donors (Lipinski definition) is 1. The highest BCUT2D eigenvalue weighted by molar-refractivity contribution is 7.17. The van der Waals surface area contributed by atoms with E-state index in [1.165, 1.54) is 27.2 Å². The fourth-order valence-electron chi connectivity index (χ4n) is 1.80. The van der Waals surface area contributed by atoms with E-state index >= 15 is 0 Å². The zero-order valence-corrected chi connectivity index (χ0v) is 12.0. The smallest absolute Gasteiger partial charge is 0.302 e. The molecule has 20 heavy (non-hydrogen) atoms. The standard InChI is InChI=1S/C13H14F2N3OP/c1-16-11(19)8-18-7-10(9-5-3-2-4-6-9)12(17-18)13(14,15)20/h2-7H,8,20H2,1H3,(H,16,19). The highest BCUT2D eigenvalue weighted by Crippen LogP contribution is 2.39. The molecule has 1 atom stereocenters. The summed E-state index contributed by atoms with van der Waals surface area (Å²) in [4.78, 5) is 11.3. The summed E-state index contributed by atoms with van der Waals surface area (Å²) in [6, 6.07) is 8.77. The summed E-state index contributed by atoms with van der Waals surface area (Å²) in [6.45, 7) is -0.100. The van der Waals surface area contributed by atoms with Gasteiger partial charge in [0.05, 0.1) is 0 Å². The molecule has 0 spiro atoms. The number of amides is 1. The third-order valence-corrected chi connectivity index (χ3v) is 3.02. The monoisotopic (exact) mass is 297 g/mol. The lowest BCUT2D eigenvalue weighted by Crippen LogP contribution is -2.23. The molecule has 4 nitrogen and oxygen atoms in total. The summed E-state index contributed by atoms with van der Waals surface area (Å²) in [7, 11) is 2.96. The van der Waals surface area contributed by atoms with E-state index in [1.54, 1.807) is 30.3 Å². The molecule has 0 bridgehead atoms. The summed E-state index contributed by atoms with van der Waals surface area (Å²) >= 11 is 0. The van der Waals surface area contributed by atoms with Crippen LogP contribution in [0.1, 0.15) is 5.69 Å². The lowest BCUT2D eigenvalue weighted by molar-refractivity contribution is -0.121.